The molecule has 1 aromatic heterocycles. The van der Waals surface area contributed by atoms with E-state index in [1.54, 1.807) is 4.31 Å². The van der Waals surface area contributed by atoms with E-state index in [4.69, 9.17) is 0 Å². The smallest absolute Gasteiger partial charge is 0.214 e. The van der Waals surface area contributed by atoms with Gasteiger partial charge in [-0.05, 0) is 49.8 Å². The normalized spacial score (nSPS) is 18.1. The number of nitrogens with zero attached hydrogens (tertiary/aromatic N) is 1. The summed E-state index contributed by atoms with van der Waals surface area (Å²) in [7, 11) is -3.05. The number of rotatable bonds is 4. The molecule has 0 amide bonds. The minimum absolute atomic E-state index is 0.267. The van der Waals surface area contributed by atoms with Crippen LogP contribution in [0, 0.1) is 6.92 Å². The largest absolute Gasteiger partial charge is 0.358 e. The Hall–Kier alpha value is -1.33. The predicted octanol–water partition coefficient (Wildman–Crippen LogP) is 3.40. The lowest BCUT2D eigenvalue weighted by molar-refractivity contribution is 0.317. The summed E-state index contributed by atoms with van der Waals surface area (Å²) in [6.45, 7) is 5.29. The number of aromatic nitrogens is 1. The monoisotopic (exact) mass is 320 g/mol. The van der Waals surface area contributed by atoms with E-state index < -0.39 is 10.0 Å². The first-order valence-corrected chi connectivity index (χ1v) is 9.67. The Labute approximate surface area is 132 Å². The van der Waals surface area contributed by atoms with Gasteiger partial charge >= 0.3 is 0 Å². The molecule has 1 fully saturated rings. The Morgan fingerprint density at radius 2 is 1.95 bits per heavy atom. The van der Waals surface area contributed by atoms with Gasteiger partial charge in [0.2, 0.25) is 10.0 Å². The first-order chi connectivity index (χ1) is 10.5. The maximum absolute atomic E-state index is 12.1. The summed E-state index contributed by atoms with van der Waals surface area (Å²) in [6, 6.07) is 8.65. The zero-order valence-electron chi connectivity index (χ0n) is 13.3. The van der Waals surface area contributed by atoms with Crippen molar-refractivity contribution in [1.29, 1.82) is 0 Å². The molecule has 1 saturated heterocycles. The van der Waals surface area contributed by atoms with E-state index in [1.807, 2.05) is 6.92 Å². The van der Waals surface area contributed by atoms with E-state index in [-0.39, 0.29) is 5.75 Å². The van der Waals surface area contributed by atoms with Crippen molar-refractivity contribution < 1.29 is 8.42 Å². The fourth-order valence-electron chi connectivity index (χ4n) is 3.33. The van der Waals surface area contributed by atoms with Gasteiger partial charge in [-0.1, -0.05) is 18.6 Å². The summed E-state index contributed by atoms with van der Waals surface area (Å²) in [6.07, 6.45) is 2.48. The second-order valence-electron chi connectivity index (χ2n) is 6.30. The molecule has 3 rings (SSSR count). The molecule has 0 atom stereocenters. The van der Waals surface area contributed by atoms with E-state index in [9.17, 15) is 8.42 Å². The highest BCUT2D eigenvalue weighted by atomic mass is 32.2. The Balaban J connectivity index is 1.72. The summed E-state index contributed by atoms with van der Waals surface area (Å²) >= 11 is 0. The molecule has 0 aliphatic carbocycles. The zero-order chi connectivity index (χ0) is 15.7. The van der Waals surface area contributed by atoms with Gasteiger partial charge in [-0.25, -0.2) is 12.7 Å². The van der Waals surface area contributed by atoms with Crippen LogP contribution in [0.15, 0.2) is 24.3 Å². The van der Waals surface area contributed by atoms with Crippen molar-refractivity contribution in [2.45, 2.75) is 39.0 Å². The van der Waals surface area contributed by atoms with Gasteiger partial charge < -0.3 is 4.98 Å². The van der Waals surface area contributed by atoms with Crippen LogP contribution in [-0.2, 0) is 10.0 Å². The number of H-pyrrole nitrogens is 1. The van der Waals surface area contributed by atoms with E-state index in [0.717, 1.165) is 12.8 Å². The second kappa shape index (κ2) is 6.05. The van der Waals surface area contributed by atoms with Gasteiger partial charge in [0.05, 0.1) is 5.75 Å². The quantitative estimate of drug-likeness (QED) is 0.939. The lowest BCUT2D eigenvalue weighted by Gasteiger charge is -2.30. The van der Waals surface area contributed by atoms with Crippen LogP contribution < -0.4 is 0 Å². The first-order valence-electron chi connectivity index (χ1n) is 8.06. The van der Waals surface area contributed by atoms with Crippen LogP contribution in [0.4, 0.5) is 0 Å². The van der Waals surface area contributed by atoms with Crippen molar-refractivity contribution in [3.8, 4) is 0 Å². The van der Waals surface area contributed by atoms with Crippen LogP contribution in [-0.4, -0.2) is 36.5 Å². The molecule has 0 radical (unpaired) electrons. The number of sulfonamides is 1. The highest BCUT2D eigenvalue weighted by Gasteiger charge is 2.28. The summed E-state index contributed by atoms with van der Waals surface area (Å²) in [5, 5.41) is 1.25. The highest BCUT2D eigenvalue weighted by molar-refractivity contribution is 7.89. The zero-order valence-corrected chi connectivity index (χ0v) is 14.1. The number of nitrogens with one attached hydrogen (secondary N) is 1. The molecule has 1 aliphatic rings. The summed E-state index contributed by atoms with van der Waals surface area (Å²) in [5.41, 5.74) is 3.67. The average Bonchev–Trinajstić information content (AvgIpc) is 2.90. The molecular weight excluding hydrogens is 296 g/mol. The van der Waals surface area contributed by atoms with Crippen molar-refractivity contribution in [3.05, 3.63) is 35.5 Å². The van der Waals surface area contributed by atoms with Crippen molar-refractivity contribution in [2.75, 3.05) is 18.8 Å². The average molecular weight is 320 g/mol. The SMILES string of the molecule is CCCS(=O)(=O)N1CCC(c2cc3cc(C)ccc3[nH]2)CC1. The topological polar surface area (TPSA) is 53.2 Å². The molecule has 1 aliphatic heterocycles. The second-order valence-corrected chi connectivity index (χ2v) is 8.39. The lowest BCUT2D eigenvalue weighted by atomic mass is 9.95. The molecule has 120 valence electrons. The van der Waals surface area contributed by atoms with Crippen LogP contribution >= 0.6 is 0 Å². The van der Waals surface area contributed by atoms with Gasteiger partial charge in [-0.15, -0.1) is 0 Å². The third kappa shape index (κ3) is 3.06. The van der Waals surface area contributed by atoms with Crippen molar-refractivity contribution in [2.24, 2.45) is 0 Å². The van der Waals surface area contributed by atoms with Crippen LogP contribution in [0.5, 0.6) is 0 Å². The summed E-state index contributed by atoms with van der Waals surface area (Å²) < 4.78 is 25.9. The number of aryl methyl sites for hydroxylation is 1. The van der Waals surface area contributed by atoms with Gasteiger partial charge in [0.15, 0.2) is 0 Å². The van der Waals surface area contributed by atoms with E-state index in [0.29, 0.717) is 25.4 Å². The summed E-state index contributed by atoms with van der Waals surface area (Å²) in [5.74, 6) is 0.698. The number of fused-ring (bicyclic) bond motifs is 1. The van der Waals surface area contributed by atoms with E-state index in [1.165, 1.54) is 22.2 Å². The van der Waals surface area contributed by atoms with Crippen LogP contribution in [0.1, 0.15) is 43.4 Å². The number of benzene rings is 1. The van der Waals surface area contributed by atoms with Crippen molar-refractivity contribution >= 4 is 20.9 Å². The van der Waals surface area contributed by atoms with Gasteiger partial charge in [0.1, 0.15) is 0 Å². The molecule has 2 heterocycles. The molecule has 2 aromatic rings. The van der Waals surface area contributed by atoms with E-state index >= 15 is 0 Å². The molecule has 0 spiro atoms. The number of aromatic amines is 1. The van der Waals surface area contributed by atoms with Crippen LogP contribution in [0.2, 0.25) is 0 Å². The minimum atomic E-state index is -3.05. The van der Waals surface area contributed by atoms with Gasteiger partial charge in [0.25, 0.3) is 0 Å². The first kappa shape index (κ1) is 15.6. The lowest BCUT2D eigenvalue weighted by Crippen LogP contribution is -2.39. The number of hydrogen-bond acceptors (Lipinski definition) is 2. The number of piperidine rings is 1. The molecular formula is C17H24N2O2S. The molecule has 4 nitrogen and oxygen atoms in total. The Kier molecular flexibility index (Phi) is 4.28. The molecule has 1 aromatic carbocycles. The van der Waals surface area contributed by atoms with E-state index in [2.05, 4.69) is 36.2 Å². The Morgan fingerprint density at radius 1 is 1.23 bits per heavy atom. The van der Waals surface area contributed by atoms with Crippen LogP contribution in [0.3, 0.4) is 0 Å². The predicted molar refractivity (Wildman–Crippen MR) is 90.7 cm³/mol. The standard InChI is InChI=1S/C17H24N2O2S/c1-3-10-22(20,21)19-8-6-14(7-9-19)17-12-15-11-13(2)4-5-16(15)18-17/h4-5,11-12,14,18H,3,6-10H2,1-2H3. The van der Waals surface area contributed by atoms with Gasteiger partial charge in [0, 0.05) is 30.2 Å². The third-order valence-corrected chi connectivity index (χ3v) is 6.62. The number of hydrogen-bond donors (Lipinski definition) is 1. The van der Waals surface area contributed by atoms with Gasteiger partial charge in [-0.3, -0.25) is 0 Å². The Morgan fingerprint density at radius 3 is 2.64 bits per heavy atom. The van der Waals surface area contributed by atoms with Crippen molar-refractivity contribution in [3.63, 3.8) is 0 Å². The van der Waals surface area contributed by atoms with Gasteiger partial charge in [-0.2, -0.15) is 0 Å². The molecule has 22 heavy (non-hydrogen) atoms. The van der Waals surface area contributed by atoms with Crippen molar-refractivity contribution in [1.82, 2.24) is 9.29 Å². The maximum atomic E-state index is 12.1. The fourth-order valence-corrected chi connectivity index (χ4v) is 4.87. The third-order valence-electron chi connectivity index (χ3n) is 4.55. The molecule has 0 bridgehead atoms. The molecule has 1 N–H and O–H groups in total. The molecule has 0 unspecified atom stereocenters. The summed E-state index contributed by atoms with van der Waals surface area (Å²) in [4.78, 5) is 3.50. The van der Waals surface area contributed by atoms with Crippen LogP contribution in [0.25, 0.3) is 10.9 Å². The maximum Gasteiger partial charge on any atom is 0.214 e. The Bertz CT molecular complexity index is 756. The minimum Gasteiger partial charge on any atom is -0.358 e. The highest BCUT2D eigenvalue weighted by Crippen LogP contribution is 2.31. The molecule has 5 heteroatoms. The fraction of sp³-hybridized carbons (Fsp3) is 0.529. The molecule has 0 saturated carbocycles.